The van der Waals surface area contributed by atoms with Crippen molar-refractivity contribution < 1.29 is 4.79 Å². The van der Waals surface area contributed by atoms with Crippen LogP contribution >= 0.6 is 0 Å². The van der Waals surface area contributed by atoms with E-state index in [1.54, 1.807) is 17.3 Å². The van der Waals surface area contributed by atoms with E-state index in [9.17, 15) is 4.79 Å². The van der Waals surface area contributed by atoms with Gasteiger partial charge in [0.25, 0.3) is 0 Å². The second-order valence-electron chi connectivity index (χ2n) is 3.34. The van der Waals surface area contributed by atoms with E-state index < -0.39 is 0 Å². The molecule has 1 aromatic rings. The van der Waals surface area contributed by atoms with Crippen LogP contribution in [-0.4, -0.2) is 27.0 Å². The van der Waals surface area contributed by atoms with E-state index in [0.29, 0.717) is 6.54 Å². The zero-order valence-corrected chi connectivity index (χ0v) is 8.41. The first-order valence-corrected chi connectivity index (χ1v) is 4.98. The number of rotatable bonds is 0. The van der Waals surface area contributed by atoms with Crippen molar-refractivity contribution in [2.75, 3.05) is 6.54 Å². The van der Waals surface area contributed by atoms with Gasteiger partial charge in [0.1, 0.15) is 6.33 Å². The molecule has 0 aromatic carbocycles. The van der Waals surface area contributed by atoms with Gasteiger partial charge in [-0.25, -0.2) is 9.78 Å². The lowest BCUT2D eigenvalue weighted by atomic mass is 10.2. The number of hydrogen-bond acceptors (Lipinski definition) is 2. The smallest absolute Gasteiger partial charge is 0.297 e. The summed E-state index contributed by atoms with van der Waals surface area (Å²) in [6.45, 7) is 0.619. The van der Waals surface area contributed by atoms with Gasteiger partial charge in [0.05, 0.1) is 0 Å². The molecule has 0 unspecified atom stereocenters. The van der Waals surface area contributed by atoms with Crippen LogP contribution in [0, 0.1) is 0 Å². The molecule has 0 aliphatic carbocycles. The maximum Gasteiger partial charge on any atom is 0.333 e. The molecule has 4 heteroatoms. The minimum Gasteiger partial charge on any atom is -0.297 e. The first-order chi connectivity index (χ1) is 7.38. The van der Waals surface area contributed by atoms with Crippen LogP contribution in [0.2, 0.25) is 0 Å². The third kappa shape index (κ3) is 2.34. The van der Waals surface area contributed by atoms with Crippen LogP contribution < -0.4 is 0 Å². The average Bonchev–Trinajstić information content (AvgIpc) is 2.68. The van der Waals surface area contributed by atoms with Crippen molar-refractivity contribution >= 4 is 6.03 Å². The first kappa shape index (κ1) is 9.71. The highest BCUT2D eigenvalue weighted by atomic mass is 16.2. The molecule has 0 saturated carbocycles. The Morgan fingerprint density at radius 3 is 2.87 bits per heavy atom. The molecule has 0 spiro atoms. The fourth-order valence-corrected chi connectivity index (χ4v) is 1.42. The summed E-state index contributed by atoms with van der Waals surface area (Å²) in [7, 11) is 0. The van der Waals surface area contributed by atoms with Gasteiger partial charge in [0.2, 0.25) is 0 Å². The predicted molar refractivity (Wildman–Crippen MR) is 57.2 cm³/mol. The summed E-state index contributed by atoms with van der Waals surface area (Å²) in [5.41, 5.74) is 0. The standard InChI is InChI=1S/C11H13N3O/c15-11(14-9-6-12-10-14)13-7-4-2-1-3-5-8-13/h2,4-6,8-10H,1,3,7H2. The van der Waals surface area contributed by atoms with E-state index in [1.807, 2.05) is 18.4 Å². The summed E-state index contributed by atoms with van der Waals surface area (Å²) in [6, 6.07) is -0.0738. The maximum absolute atomic E-state index is 11.9. The Morgan fingerprint density at radius 2 is 2.07 bits per heavy atom. The SMILES string of the molecule is O=C(N1C=CCCC=CC1)n1ccnc1. The highest BCUT2D eigenvalue weighted by Gasteiger charge is 2.10. The summed E-state index contributed by atoms with van der Waals surface area (Å²) in [5.74, 6) is 0. The van der Waals surface area contributed by atoms with E-state index in [2.05, 4.69) is 11.1 Å². The minimum atomic E-state index is -0.0738. The second-order valence-corrected chi connectivity index (χ2v) is 3.34. The van der Waals surface area contributed by atoms with Gasteiger partial charge in [0, 0.05) is 25.1 Å². The molecule has 0 N–H and O–H groups in total. The molecule has 2 heterocycles. The summed E-state index contributed by atoms with van der Waals surface area (Å²) in [6.07, 6.45) is 14.7. The summed E-state index contributed by atoms with van der Waals surface area (Å²) >= 11 is 0. The molecule has 1 aliphatic rings. The highest BCUT2D eigenvalue weighted by Crippen LogP contribution is 2.04. The Bertz CT molecular complexity index is 379. The molecular weight excluding hydrogens is 190 g/mol. The van der Waals surface area contributed by atoms with E-state index >= 15 is 0 Å². The third-order valence-electron chi connectivity index (χ3n) is 2.23. The van der Waals surface area contributed by atoms with Crippen molar-refractivity contribution in [1.82, 2.24) is 14.5 Å². The van der Waals surface area contributed by atoms with E-state index in [0.717, 1.165) is 12.8 Å². The van der Waals surface area contributed by atoms with Crippen LogP contribution in [0.4, 0.5) is 4.79 Å². The molecule has 0 atom stereocenters. The second kappa shape index (κ2) is 4.59. The van der Waals surface area contributed by atoms with Gasteiger partial charge in [-0.3, -0.25) is 9.47 Å². The molecule has 78 valence electrons. The zero-order valence-electron chi connectivity index (χ0n) is 8.41. The molecule has 15 heavy (non-hydrogen) atoms. The Morgan fingerprint density at radius 1 is 1.20 bits per heavy atom. The van der Waals surface area contributed by atoms with Crippen LogP contribution in [-0.2, 0) is 0 Å². The minimum absolute atomic E-state index is 0.0738. The molecule has 2 rings (SSSR count). The maximum atomic E-state index is 11.9. The number of aromatic nitrogens is 2. The lowest BCUT2D eigenvalue weighted by molar-refractivity contribution is 0.220. The number of carbonyl (C=O) groups is 1. The monoisotopic (exact) mass is 203 g/mol. The van der Waals surface area contributed by atoms with Gasteiger partial charge in [-0.05, 0) is 12.8 Å². The van der Waals surface area contributed by atoms with E-state index in [1.165, 1.54) is 10.9 Å². The van der Waals surface area contributed by atoms with E-state index in [4.69, 9.17) is 0 Å². The number of nitrogens with zero attached hydrogens (tertiary/aromatic N) is 3. The van der Waals surface area contributed by atoms with Crippen molar-refractivity contribution in [2.45, 2.75) is 12.8 Å². The molecule has 0 fully saturated rings. The topological polar surface area (TPSA) is 38.1 Å². The molecule has 1 aliphatic heterocycles. The molecule has 0 saturated heterocycles. The van der Waals surface area contributed by atoms with Gasteiger partial charge in [0.15, 0.2) is 0 Å². The number of imidazole rings is 1. The van der Waals surface area contributed by atoms with Crippen LogP contribution in [0.15, 0.2) is 43.1 Å². The summed E-state index contributed by atoms with van der Waals surface area (Å²) < 4.78 is 1.47. The summed E-state index contributed by atoms with van der Waals surface area (Å²) in [5, 5.41) is 0. The van der Waals surface area contributed by atoms with Crippen LogP contribution in [0.3, 0.4) is 0 Å². The van der Waals surface area contributed by atoms with E-state index in [-0.39, 0.29) is 6.03 Å². The highest BCUT2D eigenvalue weighted by molar-refractivity contribution is 5.77. The van der Waals surface area contributed by atoms with Crippen LogP contribution in [0.5, 0.6) is 0 Å². The molecular formula is C11H13N3O. The predicted octanol–water partition coefficient (Wildman–Crippen LogP) is 2.02. The zero-order chi connectivity index (χ0) is 10.5. The van der Waals surface area contributed by atoms with Crippen molar-refractivity contribution in [3.8, 4) is 0 Å². The van der Waals surface area contributed by atoms with Gasteiger partial charge in [-0.2, -0.15) is 0 Å². The lowest BCUT2D eigenvalue weighted by Gasteiger charge is -2.17. The first-order valence-electron chi connectivity index (χ1n) is 4.98. The average molecular weight is 203 g/mol. The Labute approximate surface area is 88.5 Å². The fraction of sp³-hybridized carbons (Fsp3) is 0.273. The van der Waals surface area contributed by atoms with Gasteiger partial charge >= 0.3 is 6.03 Å². The third-order valence-corrected chi connectivity index (χ3v) is 2.23. The molecule has 0 bridgehead atoms. The number of carbonyl (C=O) groups excluding carboxylic acids is 1. The quantitative estimate of drug-likeness (QED) is 0.605. The van der Waals surface area contributed by atoms with Crippen molar-refractivity contribution in [3.63, 3.8) is 0 Å². The number of hydrogen-bond donors (Lipinski definition) is 0. The molecule has 0 radical (unpaired) electrons. The fourth-order valence-electron chi connectivity index (χ4n) is 1.42. The normalized spacial score (nSPS) is 16.1. The van der Waals surface area contributed by atoms with Crippen molar-refractivity contribution in [2.24, 2.45) is 0 Å². The van der Waals surface area contributed by atoms with Gasteiger partial charge in [-0.1, -0.05) is 18.2 Å². The Hall–Kier alpha value is -1.84. The summed E-state index contributed by atoms with van der Waals surface area (Å²) in [4.78, 5) is 17.4. The van der Waals surface area contributed by atoms with Crippen molar-refractivity contribution in [1.29, 1.82) is 0 Å². The van der Waals surface area contributed by atoms with Crippen LogP contribution in [0.25, 0.3) is 0 Å². The molecule has 4 nitrogen and oxygen atoms in total. The van der Waals surface area contributed by atoms with Gasteiger partial charge in [-0.15, -0.1) is 0 Å². The van der Waals surface area contributed by atoms with Crippen LogP contribution in [0.1, 0.15) is 12.8 Å². The number of allylic oxidation sites excluding steroid dienone is 2. The molecule has 1 amide bonds. The Balaban J connectivity index is 2.11. The lowest BCUT2D eigenvalue weighted by Crippen LogP contribution is -2.29. The van der Waals surface area contributed by atoms with Gasteiger partial charge < -0.3 is 0 Å². The largest absolute Gasteiger partial charge is 0.333 e. The Kier molecular flexibility index (Phi) is 2.97. The molecule has 1 aromatic heterocycles. The van der Waals surface area contributed by atoms with Crippen molar-refractivity contribution in [3.05, 3.63) is 43.1 Å². The number of amides is 1.